The predicted octanol–water partition coefficient (Wildman–Crippen LogP) is 3.46. The second kappa shape index (κ2) is 4.33. The second-order valence-corrected chi connectivity index (χ2v) is 5.03. The summed E-state index contributed by atoms with van der Waals surface area (Å²) in [6, 6.07) is 7.71. The molecule has 0 aliphatic carbocycles. The van der Waals surface area contributed by atoms with Gasteiger partial charge in [-0.25, -0.2) is 0 Å². The summed E-state index contributed by atoms with van der Waals surface area (Å²) >= 11 is 6.09. The maximum atomic E-state index is 9.38. The Bertz CT molecular complexity index is 301. The monoisotopic (exact) mass is 212 g/mol. The maximum absolute atomic E-state index is 9.38. The van der Waals surface area contributed by atoms with Crippen LogP contribution in [-0.2, 0) is 0 Å². The molecule has 0 amide bonds. The van der Waals surface area contributed by atoms with Gasteiger partial charge in [0.15, 0.2) is 0 Å². The molecule has 0 fully saturated rings. The number of hydrogen-bond donors (Lipinski definition) is 1. The van der Waals surface area contributed by atoms with Crippen LogP contribution in [0.5, 0.6) is 0 Å². The summed E-state index contributed by atoms with van der Waals surface area (Å²) in [4.78, 5) is 0. The van der Waals surface area contributed by atoms with Gasteiger partial charge in [-0.1, -0.05) is 50.6 Å². The summed E-state index contributed by atoms with van der Waals surface area (Å²) in [7, 11) is 0. The lowest BCUT2D eigenvalue weighted by Gasteiger charge is -2.30. The second-order valence-electron chi connectivity index (χ2n) is 4.62. The number of hydrogen-bond acceptors (Lipinski definition) is 1. The van der Waals surface area contributed by atoms with Gasteiger partial charge in [0, 0.05) is 10.9 Å². The Hall–Kier alpha value is -0.530. The van der Waals surface area contributed by atoms with Crippen molar-refractivity contribution >= 4 is 11.6 Å². The molecule has 0 radical (unpaired) electrons. The van der Waals surface area contributed by atoms with E-state index < -0.39 is 0 Å². The van der Waals surface area contributed by atoms with Crippen LogP contribution >= 0.6 is 11.6 Å². The third-order valence-corrected chi connectivity index (χ3v) is 2.85. The van der Waals surface area contributed by atoms with Crippen LogP contribution in [0.4, 0.5) is 0 Å². The maximum Gasteiger partial charge on any atom is 0.0505 e. The van der Waals surface area contributed by atoms with Crippen molar-refractivity contribution in [2.24, 2.45) is 5.41 Å². The normalized spacial score (nSPS) is 14.1. The van der Waals surface area contributed by atoms with Gasteiger partial charge in [0.2, 0.25) is 0 Å². The van der Waals surface area contributed by atoms with E-state index in [1.807, 2.05) is 24.3 Å². The van der Waals surface area contributed by atoms with E-state index in [-0.39, 0.29) is 17.9 Å². The summed E-state index contributed by atoms with van der Waals surface area (Å²) in [5.74, 6) is 0.0937. The standard InChI is InChI=1S/C12H17ClO/c1-12(2,3)10(8-14)9-6-4-5-7-11(9)13/h4-7,10,14H,8H2,1-3H3. The third-order valence-electron chi connectivity index (χ3n) is 2.51. The van der Waals surface area contributed by atoms with Gasteiger partial charge in [0.05, 0.1) is 6.61 Å². The first kappa shape index (κ1) is 11.5. The summed E-state index contributed by atoms with van der Waals surface area (Å²) < 4.78 is 0. The summed E-state index contributed by atoms with van der Waals surface area (Å²) in [6.07, 6.45) is 0. The van der Waals surface area contributed by atoms with Crippen LogP contribution in [0.3, 0.4) is 0 Å². The highest BCUT2D eigenvalue weighted by Crippen LogP contribution is 2.37. The molecule has 1 aromatic rings. The van der Waals surface area contributed by atoms with Gasteiger partial charge in [-0.05, 0) is 17.0 Å². The molecule has 1 aromatic carbocycles. The lowest BCUT2D eigenvalue weighted by atomic mass is 9.77. The van der Waals surface area contributed by atoms with E-state index in [2.05, 4.69) is 20.8 Å². The molecule has 0 aliphatic rings. The Kier molecular flexibility index (Phi) is 3.57. The van der Waals surface area contributed by atoms with Gasteiger partial charge >= 0.3 is 0 Å². The van der Waals surface area contributed by atoms with Crippen molar-refractivity contribution in [1.82, 2.24) is 0 Å². The Labute approximate surface area is 90.7 Å². The number of aliphatic hydroxyl groups is 1. The van der Waals surface area contributed by atoms with Crippen LogP contribution in [0.15, 0.2) is 24.3 Å². The van der Waals surface area contributed by atoms with E-state index in [4.69, 9.17) is 11.6 Å². The Morgan fingerprint density at radius 2 is 1.86 bits per heavy atom. The predicted molar refractivity (Wildman–Crippen MR) is 60.7 cm³/mol. The molecular weight excluding hydrogens is 196 g/mol. The van der Waals surface area contributed by atoms with Crippen LogP contribution in [0.25, 0.3) is 0 Å². The third kappa shape index (κ3) is 2.49. The van der Waals surface area contributed by atoms with Crippen LogP contribution in [0.1, 0.15) is 32.3 Å². The molecule has 1 N–H and O–H groups in total. The molecule has 0 heterocycles. The van der Waals surface area contributed by atoms with Crippen molar-refractivity contribution in [1.29, 1.82) is 0 Å². The average Bonchev–Trinajstić information content (AvgIpc) is 2.07. The fraction of sp³-hybridized carbons (Fsp3) is 0.500. The number of rotatable bonds is 2. The van der Waals surface area contributed by atoms with E-state index in [0.717, 1.165) is 10.6 Å². The lowest BCUT2D eigenvalue weighted by Crippen LogP contribution is -2.22. The molecule has 0 aliphatic heterocycles. The van der Waals surface area contributed by atoms with Crippen LogP contribution < -0.4 is 0 Å². The van der Waals surface area contributed by atoms with Crippen LogP contribution in [-0.4, -0.2) is 11.7 Å². The van der Waals surface area contributed by atoms with Gasteiger partial charge in [-0.2, -0.15) is 0 Å². The summed E-state index contributed by atoms with van der Waals surface area (Å²) in [5, 5.41) is 10.1. The molecule has 1 unspecified atom stereocenters. The van der Waals surface area contributed by atoms with E-state index >= 15 is 0 Å². The first-order valence-electron chi connectivity index (χ1n) is 4.82. The number of aliphatic hydroxyl groups excluding tert-OH is 1. The molecule has 1 rings (SSSR count). The zero-order valence-electron chi connectivity index (χ0n) is 8.92. The minimum atomic E-state index is 0.0275. The number of halogens is 1. The van der Waals surface area contributed by atoms with Gasteiger partial charge in [0.1, 0.15) is 0 Å². The largest absolute Gasteiger partial charge is 0.396 e. The number of benzene rings is 1. The molecule has 14 heavy (non-hydrogen) atoms. The fourth-order valence-electron chi connectivity index (χ4n) is 1.60. The van der Waals surface area contributed by atoms with E-state index in [1.165, 1.54) is 0 Å². The highest BCUT2D eigenvalue weighted by molar-refractivity contribution is 6.31. The van der Waals surface area contributed by atoms with Crippen molar-refractivity contribution in [3.8, 4) is 0 Å². The summed E-state index contributed by atoms with van der Waals surface area (Å²) in [6.45, 7) is 6.46. The highest BCUT2D eigenvalue weighted by Gasteiger charge is 2.26. The highest BCUT2D eigenvalue weighted by atomic mass is 35.5. The topological polar surface area (TPSA) is 20.2 Å². The van der Waals surface area contributed by atoms with Crippen molar-refractivity contribution in [3.05, 3.63) is 34.9 Å². The quantitative estimate of drug-likeness (QED) is 0.796. The molecule has 0 bridgehead atoms. The molecule has 0 saturated heterocycles. The van der Waals surface area contributed by atoms with Gasteiger partial charge in [-0.3, -0.25) is 0 Å². The van der Waals surface area contributed by atoms with E-state index in [1.54, 1.807) is 0 Å². The van der Waals surface area contributed by atoms with Gasteiger partial charge in [-0.15, -0.1) is 0 Å². The molecular formula is C12H17ClO. The van der Waals surface area contributed by atoms with E-state index in [0.29, 0.717) is 0 Å². The molecule has 0 spiro atoms. The average molecular weight is 213 g/mol. The zero-order valence-corrected chi connectivity index (χ0v) is 9.67. The zero-order chi connectivity index (χ0) is 10.8. The molecule has 78 valence electrons. The van der Waals surface area contributed by atoms with Crippen molar-refractivity contribution < 1.29 is 5.11 Å². The minimum Gasteiger partial charge on any atom is -0.396 e. The van der Waals surface area contributed by atoms with Crippen molar-refractivity contribution in [3.63, 3.8) is 0 Å². The van der Waals surface area contributed by atoms with E-state index in [9.17, 15) is 5.11 Å². The van der Waals surface area contributed by atoms with Gasteiger partial charge in [0.25, 0.3) is 0 Å². The first-order chi connectivity index (χ1) is 6.46. The summed E-state index contributed by atoms with van der Waals surface area (Å²) in [5.41, 5.74) is 1.06. The molecule has 1 nitrogen and oxygen atoms in total. The molecule has 0 saturated carbocycles. The SMILES string of the molecule is CC(C)(C)C(CO)c1ccccc1Cl. The Balaban J connectivity index is 3.08. The van der Waals surface area contributed by atoms with Crippen LogP contribution in [0.2, 0.25) is 5.02 Å². The molecule has 1 atom stereocenters. The smallest absolute Gasteiger partial charge is 0.0505 e. The molecule has 0 aromatic heterocycles. The first-order valence-corrected chi connectivity index (χ1v) is 5.20. The van der Waals surface area contributed by atoms with Crippen LogP contribution in [0, 0.1) is 5.41 Å². The lowest BCUT2D eigenvalue weighted by molar-refractivity contribution is 0.187. The van der Waals surface area contributed by atoms with Crippen molar-refractivity contribution in [2.75, 3.05) is 6.61 Å². The minimum absolute atomic E-state index is 0.0275. The van der Waals surface area contributed by atoms with Crippen molar-refractivity contribution in [2.45, 2.75) is 26.7 Å². The fourth-order valence-corrected chi connectivity index (χ4v) is 1.86. The Morgan fingerprint density at radius 3 is 2.29 bits per heavy atom. The Morgan fingerprint density at radius 1 is 1.29 bits per heavy atom. The van der Waals surface area contributed by atoms with Gasteiger partial charge < -0.3 is 5.11 Å². The molecule has 2 heteroatoms.